The molecule has 1 aliphatic heterocycles. The Bertz CT molecular complexity index is 420. The van der Waals surface area contributed by atoms with Gasteiger partial charge in [0.25, 0.3) is 0 Å². The maximum absolute atomic E-state index is 11.7. The summed E-state index contributed by atoms with van der Waals surface area (Å²) in [5.74, 6) is -1.23. The van der Waals surface area contributed by atoms with Gasteiger partial charge in [0.15, 0.2) is 0 Å². The predicted molar refractivity (Wildman–Crippen MR) is 66.7 cm³/mol. The van der Waals surface area contributed by atoms with E-state index in [0.29, 0.717) is 13.0 Å². The van der Waals surface area contributed by atoms with E-state index in [9.17, 15) is 9.59 Å². The molecule has 98 valence electrons. The Kier molecular flexibility index (Phi) is 4.83. The van der Waals surface area contributed by atoms with Crippen molar-refractivity contribution in [2.24, 2.45) is 11.8 Å². The van der Waals surface area contributed by atoms with E-state index >= 15 is 0 Å². The lowest BCUT2D eigenvalue weighted by atomic mass is 9.91. The van der Waals surface area contributed by atoms with Gasteiger partial charge in [-0.2, -0.15) is 0 Å². The minimum atomic E-state index is -0.408. The Morgan fingerprint density at radius 1 is 1.56 bits per heavy atom. The number of esters is 1. The summed E-state index contributed by atoms with van der Waals surface area (Å²) in [6, 6.07) is 5.53. The number of hydrogen-bond donors (Lipinski definition) is 1. The number of pyridine rings is 1. The minimum absolute atomic E-state index is 0. The zero-order valence-corrected chi connectivity index (χ0v) is 9.55. The van der Waals surface area contributed by atoms with Crippen LogP contribution >= 0.6 is 0 Å². The van der Waals surface area contributed by atoms with E-state index in [1.165, 1.54) is 7.11 Å². The Morgan fingerprint density at radius 2 is 2.33 bits per heavy atom. The summed E-state index contributed by atoms with van der Waals surface area (Å²) in [5, 5.41) is 2.69. The number of nitrogens with zero attached hydrogens (tertiary/aromatic N) is 1. The van der Waals surface area contributed by atoms with Gasteiger partial charge >= 0.3 is 5.97 Å². The highest BCUT2D eigenvalue weighted by molar-refractivity contribution is 5.89. The second kappa shape index (κ2) is 6.14. The maximum Gasteiger partial charge on any atom is 0.311 e. The lowest BCUT2D eigenvalue weighted by Crippen LogP contribution is -2.27. The van der Waals surface area contributed by atoms with Crippen molar-refractivity contribution in [1.82, 2.24) is 10.3 Å². The van der Waals surface area contributed by atoms with Gasteiger partial charge in [-0.25, -0.2) is 0 Å². The minimum Gasteiger partial charge on any atom is -0.469 e. The molecule has 5 nitrogen and oxygen atoms in total. The zero-order valence-electron chi connectivity index (χ0n) is 9.55. The van der Waals surface area contributed by atoms with E-state index in [0.717, 1.165) is 5.69 Å². The number of carbonyl (C=O) groups excluding carboxylic acids is 2. The molecule has 1 N–H and O–H groups in total. The van der Waals surface area contributed by atoms with Gasteiger partial charge in [-0.15, -0.1) is 0 Å². The molecule has 0 unspecified atom stereocenters. The number of amides is 1. The number of aromatic nitrogens is 1. The Labute approximate surface area is 107 Å². The summed E-state index contributed by atoms with van der Waals surface area (Å²) in [6.45, 7) is 0.350. The van der Waals surface area contributed by atoms with Crippen molar-refractivity contribution in [3.8, 4) is 0 Å². The summed E-state index contributed by atoms with van der Waals surface area (Å²) in [5.41, 5.74) is 0.809. The fraction of sp³-hybridized carbons (Fsp3) is 0.462. The lowest BCUT2D eigenvalue weighted by Gasteiger charge is -2.13. The molecule has 1 fully saturated rings. The normalized spacial score (nSPS) is 21.9. The highest BCUT2D eigenvalue weighted by atomic mass is 16.5. The molecule has 0 spiro atoms. The molecule has 2 heterocycles. The van der Waals surface area contributed by atoms with E-state index in [1.54, 1.807) is 6.20 Å². The molecule has 0 aromatic carbocycles. The molecular formula is C13H18N2O3. The second-order valence-electron chi connectivity index (χ2n) is 4.01. The van der Waals surface area contributed by atoms with Gasteiger partial charge in [-0.3, -0.25) is 14.6 Å². The van der Waals surface area contributed by atoms with Crippen molar-refractivity contribution in [3.63, 3.8) is 0 Å². The summed E-state index contributed by atoms with van der Waals surface area (Å²) < 4.78 is 4.70. The number of methoxy groups -OCH3 is 1. The summed E-state index contributed by atoms with van der Waals surface area (Å²) in [7, 11) is 1.34. The number of ether oxygens (including phenoxy) is 1. The van der Waals surface area contributed by atoms with Crippen LogP contribution in [0.15, 0.2) is 24.4 Å². The van der Waals surface area contributed by atoms with Crippen LogP contribution in [0.4, 0.5) is 0 Å². The van der Waals surface area contributed by atoms with E-state index in [-0.39, 0.29) is 25.2 Å². The molecule has 1 amide bonds. The van der Waals surface area contributed by atoms with Gasteiger partial charge in [-0.05, 0) is 12.1 Å². The molecule has 2 rings (SSSR count). The first-order valence-electron chi connectivity index (χ1n) is 5.48. The first kappa shape index (κ1) is 14.2. The van der Waals surface area contributed by atoms with Crippen molar-refractivity contribution in [2.45, 2.75) is 13.8 Å². The Hall–Kier alpha value is -1.91. The van der Waals surface area contributed by atoms with E-state index in [2.05, 4.69) is 10.3 Å². The summed E-state index contributed by atoms with van der Waals surface area (Å²) in [6.07, 6.45) is 2.14. The van der Waals surface area contributed by atoms with Gasteiger partial charge in [-0.1, -0.05) is 13.5 Å². The standard InChI is InChI=1S/C12H14N2O3.CH4/c1-17-12(16)10-7-14-11(15)9(10)6-8-4-2-3-5-13-8;/h2-5,9-10H,6-7H2,1H3,(H,14,15);1H4/t9-,10+;/m1./s1. The molecule has 1 saturated heterocycles. The lowest BCUT2D eigenvalue weighted by molar-refractivity contribution is -0.147. The maximum atomic E-state index is 11.7. The first-order valence-corrected chi connectivity index (χ1v) is 5.48. The number of hydrogen-bond acceptors (Lipinski definition) is 4. The van der Waals surface area contributed by atoms with Crippen molar-refractivity contribution in [3.05, 3.63) is 30.1 Å². The molecule has 1 aliphatic rings. The predicted octanol–water partition coefficient (Wildman–Crippen LogP) is 0.795. The van der Waals surface area contributed by atoms with Crippen LogP contribution in [0.2, 0.25) is 0 Å². The quantitative estimate of drug-likeness (QED) is 0.805. The van der Waals surface area contributed by atoms with Gasteiger partial charge in [0.05, 0.1) is 18.9 Å². The number of nitrogens with one attached hydrogen (secondary N) is 1. The highest BCUT2D eigenvalue weighted by Gasteiger charge is 2.40. The van der Waals surface area contributed by atoms with Crippen LogP contribution in [0.25, 0.3) is 0 Å². The summed E-state index contributed by atoms with van der Waals surface area (Å²) >= 11 is 0. The topological polar surface area (TPSA) is 68.3 Å². The zero-order chi connectivity index (χ0) is 12.3. The molecule has 1 aromatic heterocycles. The third-order valence-electron chi connectivity index (χ3n) is 2.98. The average Bonchev–Trinajstić information content (AvgIpc) is 2.72. The van der Waals surface area contributed by atoms with Gasteiger partial charge in [0.1, 0.15) is 0 Å². The molecule has 0 aliphatic carbocycles. The molecule has 0 radical (unpaired) electrons. The third-order valence-corrected chi connectivity index (χ3v) is 2.98. The second-order valence-corrected chi connectivity index (χ2v) is 4.01. The Morgan fingerprint density at radius 3 is 2.94 bits per heavy atom. The molecule has 0 saturated carbocycles. The van der Waals surface area contributed by atoms with Crippen LogP contribution in [-0.4, -0.2) is 30.5 Å². The van der Waals surface area contributed by atoms with Crippen LogP contribution in [0, 0.1) is 11.8 Å². The van der Waals surface area contributed by atoms with Crippen molar-refractivity contribution >= 4 is 11.9 Å². The molecular weight excluding hydrogens is 232 g/mol. The van der Waals surface area contributed by atoms with Gasteiger partial charge in [0.2, 0.25) is 5.91 Å². The smallest absolute Gasteiger partial charge is 0.311 e. The van der Waals surface area contributed by atoms with E-state index < -0.39 is 5.92 Å². The summed E-state index contributed by atoms with van der Waals surface area (Å²) in [4.78, 5) is 27.4. The SMILES string of the molecule is C.COC(=O)[C@H]1CNC(=O)[C@@H]1Cc1ccccn1. The van der Waals surface area contributed by atoms with Gasteiger partial charge in [0, 0.05) is 24.9 Å². The van der Waals surface area contributed by atoms with Crippen molar-refractivity contribution in [1.29, 1.82) is 0 Å². The van der Waals surface area contributed by atoms with Crippen molar-refractivity contribution in [2.75, 3.05) is 13.7 Å². The van der Waals surface area contributed by atoms with Crippen LogP contribution in [0.1, 0.15) is 13.1 Å². The number of rotatable bonds is 3. The van der Waals surface area contributed by atoms with E-state index in [4.69, 9.17) is 4.74 Å². The Balaban J connectivity index is 0.00000162. The largest absolute Gasteiger partial charge is 0.469 e. The third kappa shape index (κ3) is 2.85. The monoisotopic (exact) mass is 250 g/mol. The highest BCUT2D eigenvalue weighted by Crippen LogP contribution is 2.22. The van der Waals surface area contributed by atoms with Crippen molar-refractivity contribution < 1.29 is 14.3 Å². The van der Waals surface area contributed by atoms with Crippen LogP contribution in [0.3, 0.4) is 0 Å². The molecule has 5 heteroatoms. The van der Waals surface area contributed by atoms with Crippen LogP contribution in [-0.2, 0) is 20.7 Å². The molecule has 0 bridgehead atoms. The molecule has 1 aromatic rings. The first-order chi connectivity index (χ1) is 8.22. The fourth-order valence-electron chi connectivity index (χ4n) is 2.04. The molecule has 18 heavy (non-hydrogen) atoms. The van der Waals surface area contributed by atoms with E-state index in [1.807, 2.05) is 18.2 Å². The fourth-order valence-corrected chi connectivity index (χ4v) is 2.04. The molecule has 2 atom stereocenters. The van der Waals surface area contributed by atoms with Crippen LogP contribution < -0.4 is 5.32 Å². The number of carbonyl (C=O) groups is 2. The van der Waals surface area contributed by atoms with Crippen LogP contribution in [0.5, 0.6) is 0 Å². The van der Waals surface area contributed by atoms with Gasteiger partial charge < -0.3 is 10.1 Å². The average molecular weight is 250 g/mol.